The molecule has 1 heterocycles. The van der Waals surface area contributed by atoms with Gasteiger partial charge >= 0.3 is 0 Å². The Morgan fingerprint density at radius 3 is 2.56 bits per heavy atom. The first-order valence-electron chi connectivity index (χ1n) is 9.77. The molecule has 144 valence electrons. The molecular formula is C22H29N3O2. The van der Waals surface area contributed by atoms with E-state index in [4.69, 9.17) is 16.2 Å². The van der Waals surface area contributed by atoms with E-state index >= 15 is 0 Å². The van der Waals surface area contributed by atoms with Gasteiger partial charge < -0.3 is 21.5 Å². The number of anilines is 2. The third-order valence-electron chi connectivity index (χ3n) is 5.18. The largest absolute Gasteiger partial charge is 0.494 e. The van der Waals surface area contributed by atoms with Crippen LogP contribution in [0.1, 0.15) is 48.0 Å². The number of unbranched alkanes of at least 4 members (excludes halogenated alkanes) is 1. The molecule has 3 rings (SSSR count). The number of hydrogen-bond acceptors (Lipinski definition) is 5. The number of nitrogens with one attached hydrogen (secondary N) is 1. The van der Waals surface area contributed by atoms with Gasteiger partial charge in [0.25, 0.3) is 0 Å². The van der Waals surface area contributed by atoms with Crippen molar-refractivity contribution in [2.45, 2.75) is 32.1 Å². The average molecular weight is 367 g/mol. The lowest BCUT2D eigenvalue weighted by atomic mass is 9.93. The van der Waals surface area contributed by atoms with Crippen LogP contribution in [-0.2, 0) is 0 Å². The summed E-state index contributed by atoms with van der Waals surface area (Å²) in [5.41, 5.74) is 13.5. The first kappa shape index (κ1) is 19.2. The van der Waals surface area contributed by atoms with Crippen LogP contribution in [-0.4, -0.2) is 25.5 Å². The molecule has 1 fully saturated rings. The van der Waals surface area contributed by atoms with Gasteiger partial charge in [-0.3, -0.25) is 4.79 Å². The monoisotopic (exact) mass is 367 g/mol. The van der Waals surface area contributed by atoms with Gasteiger partial charge in [0.05, 0.1) is 18.0 Å². The maximum atomic E-state index is 12.7. The quantitative estimate of drug-likeness (QED) is 0.376. The van der Waals surface area contributed by atoms with Crippen molar-refractivity contribution >= 4 is 17.2 Å². The zero-order valence-electron chi connectivity index (χ0n) is 15.7. The maximum Gasteiger partial charge on any atom is 0.193 e. The highest BCUT2D eigenvalue weighted by atomic mass is 16.5. The summed E-state index contributed by atoms with van der Waals surface area (Å²) >= 11 is 0. The molecule has 2 aromatic rings. The Labute approximate surface area is 161 Å². The van der Waals surface area contributed by atoms with Crippen molar-refractivity contribution in [3.8, 4) is 5.75 Å². The van der Waals surface area contributed by atoms with E-state index in [9.17, 15) is 4.79 Å². The summed E-state index contributed by atoms with van der Waals surface area (Å²) in [7, 11) is 0. The Morgan fingerprint density at radius 2 is 1.78 bits per heavy atom. The molecule has 0 aliphatic carbocycles. The lowest BCUT2D eigenvalue weighted by molar-refractivity contribution is 0.103. The second kappa shape index (κ2) is 9.42. The lowest BCUT2D eigenvalue weighted by Crippen LogP contribution is -2.27. The van der Waals surface area contributed by atoms with Crippen LogP contribution in [0.5, 0.6) is 5.75 Å². The highest BCUT2D eigenvalue weighted by Crippen LogP contribution is 2.22. The molecule has 0 atom stereocenters. The number of rotatable bonds is 8. The number of carbonyl (C=O) groups excluding carboxylic acids is 1. The molecule has 0 amide bonds. The molecular weight excluding hydrogens is 338 g/mol. The molecule has 1 saturated heterocycles. The first-order valence-corrected chi connectivity index (χ1v) is 9.77. The fourth-order valence-corrected chi connectivity index (χ4v) is 3.51. The molecule has 2 aromatic carbocycles. The molecule has 5 heteroatoms. The van der Waals surface area contributed by atoms with Gasteiger partial charge in [-0.05, 0) is 75.0 Å². The number of benzene rings is 2. The summed E-state index contributed by atoms with van der Waals surface area (Å²) in [6, 6.07) is 12.3. The van der Waals surface area contributed by atoms with Crippen LogP contribution in [0.15, 0.2) is 42.5 Å². The smallest absolute Gasteiger partial charge is 0.193 e. The van der Waals surface area contributed by atoms with Crippen LogP contribution in [0, 0.1) is 5.92 Å². The number of nitrogen functional groups attached to an aromatic ring is 2. The van der Waals surface area contributed by atoms with E-state index in [1.54, 1.807) is 30.3 Å². The van der Waals surface area contributed by atoms with Crippen LogP contribution in [0.3, 0.4) is 0 Å². The van der Waals surface area contributed by atoms with Crippen molar-refractivity contribution in [3.63, 3.8) is 0 Å². The SMILES string of the molecule is Nc1ccc(C(=O)c2cccc(OCCCCC3CCNCC3)c2)cc1N. The standard InChI is InChI=1S/C22H29N3O2/c23-20-8-7-18(15-21(20)24)22(26)17-5-3-6-19(14-17)27-13-2-1-4-16-9-11-25-12-10-16/h3,5-8,14-16,25H,1-2,4,9-13,23-24H2. The summed E-state index contributed by atoms with van der Waals surface area (Å²) in [5.74, 6) is 1.50. The van der Waals surface area contributed by atoms with E-state index in [2.05, 4.69) is 5.32 Å². The summed E-state index contributed by atoms with van der Waals surface area (Å²) in [5, 5.41) is 3.40. The molecule has 1 aliphatic rings. The number of ether oxygens (including phenoxy) is 1. The Kier molecular flexibility index (Phi) is 6.71. The van der Waals surface area contributed by atoms with Crippen molar-refractivity contribution < 1.29 is 9.53 Å². The molecule has 1 aliphatic heterocycles. The van der Waals surface area contributed by atoms with Gasteiger partial charge in [-0.2, -0.15) is 0 Å². The molecule has 27 heavy (non-hydrogen) atoms. The predicted octanol–water partition coefficient (Wildman–Crippen LogP) is 3.63. The predicted molar refractivity (Wildman–Crippen MR) is 110 cm³/mol. The van der Waals surface area contributed by atoms with E-state index in [1.807, 2.05) is 12.1 Å². The van der Waals surface area contributed by atoms with E-state index in [0.29, 0.717) is 29.1 Å². The van der Waals surface area contributed by atoms with Gasteiger partial charge in [-0.1, -0.05) is 18.6 Å². The minimum absolute atomic E-state index is 0.0851. The van der Waals surface area contributed by atoms with Crippen LogP contribution in [0.2, 0.25) is 0 Å². The Morgan fingerprint density at radius 1 is 1.00 bits per heavy atom. The number of nitrogens with two attached hydrogens (primary N) is 2. The molecule has 0 aromatic heterocycles. The summed E-state index contributed by atoms with van der Waals surface area (Å²) < 4.78 is 5.86. The fraction of sp³-hybridized carbons (Fsp3) is 0.409. The lowest BCUT2D eigenvalue weighted by Gasteiger charge is -2.22. The van der Waals surface area contributed by atoms with E-state index in [-0.39, 0.29) is 5.78 Å². The average Bonchev–Trinajstić information content (AvgIpc) is 2.70. The molecule has 5 nitrogen and oxygen atoms in total. The van der Waals surface area contributed by atoms with Crippen molar-refractivity contribution in [3.05, 3.63) is 53.6 Å². The third-order valence-corrected chi connectivity index (χ3v) is 5.18. The summed E-state index contributed by atoms with van der Waals surface area (Å²) in [6.45, 7) is 2.99. The second-order valence-corrected chi connectivity index (χ2v) is 7.24. The van der Waals surface area contributed by atoms with Crippen LogP contribution in [0.4, 0.5) is 11.4 Å². The minimum atomic E-state index is -0.0851. The summed E-state index contributed by atoms with van der Waals surface area (Å²) in [6.07, 6.45) is 6.09. The molecule has 0 bridgehead atoms. The van der Waals surface area contributed by atoms with Crippen LogP contribution in [0.25, 0.3) is 0 Å². The highest BCUT2D eigenvalue weighted by Gasteiger charge is 2.13. The zero-order valence-corrected chi connectivity index (χ0v) is 15.7. The molecule has 0 spiro atoms. The van der Waals surface area contributed by atoms with Crippen LogP contribution >= 0.6 is 0 Å². The minimum Gasteiger partial charge on any atom is -0.494 e. The zero-order chi connectivity index (χ0) is 19.1. The van der Waals surface area contributed by atoms with Crippen LogP contribution < -0.4 is 21.5 Å². The molecule has 0 radical (unpaired) electrons. The number of piperidine rings is 1. The maximum absolute atomic E-state index is 12.7. The Balaban J connectivity index is 1.49. The van der Waals surface area contributed by atoms with Gasteiger partial charge in [0.2, 0.25) is 0 Å². The van der Waals surface area contributed by atoms with Crippen molar-refractivity contribution in [2.75, 3.05) is 31.2 Å². The first-order chi connectivity index (χ1) is 13.1. The molecule has 0 saturated carbocycles. The van der Waals surface area contributed by atoms with Gasteiger partial charge in [-0.25, -0.2) is 0 Å². The van der Waals surface area contributed by atoms with Gasteiger partial charge in [0.15, 0.2) is 5.78 Å². The number of carbonyl (C=O) groups is 1. The van der Waals surface area contributed by atoms with Crippen molar-refractivity contribution in [1.29, 1.82) is 0 Å². The van der Waals surface area contributed by atoms with E-state index in [0.717, 1.165) is 31.2 Å². The van der Waals surface area contributed by atoms with E-state index < -0.39 is 0 Å². The Hall–Kier alpha value is -2.53. The molecule has 5 N–H and O–H groups in total. The van der Waals surface area contributed by atoms with Gasteiger partial charge in [-0.15, -0.1) is 0 Å². The van der Waals surface area contributed by atoms with Crippen molar-refractivity contribution in [2.24, 2.45) is 5.92 Å². The number of hydrogen-bond donors (Lipinski definition) is 3. The second-order valence-electron chi connectivity index (χ2n) is 7.24. The third kappa shape index (κ3) is 5.47. The fourth-order valence-electron chi connectivity index (χ4n) is 3.51. The van der Waals surface area contributed by atoms with Gasteiger partial charge in [0, 0.05) is 11.1 Å². The molecule has 0 unspecified atom stereocenters. The Bertz CT molecular complexity index is 770. The topological polar surface area (TPSA) is 90.4 Å². The van der Waals surface area contributed by atoms with Crippen molar-refractivity contribution in [1.82, 2.24) is 5.32 Å². The van der Waals surface area contributed by atoms with Gasteiger partial charge in [0.1, 0.15) is 5.75 Å². The number of ketones is 1. The normalized spacial score (nSPS) is 14.8. The van der Waals surface area contributed by atoms with E-state index in [1.165, 1.54) is 25.7 Å². The highest BCUT2D eigenvalue weighted by molar-refractivity contribution is 6.10. The summed E-state index contributed by atoms with van der Waals surface area (Å²) in [4.78, 5) is 12.7.